The molecule has 0 amide bonds. The number of rotatable bonds is 1. The van der Waals surface area contributed by atoms with Crippen LogP contribution >= 0.6 is 0 Å². The van der Waals surface area contributed by atoms with Crippen LogP contribution in [-0.2, 0) is 6.42 Å². The van der Waals surface area contributed by atoms with Crippen molar-refractivity contribution in [2.75, 3.05) is 0 Å². The summed E-state index contributed by atoms with van der Waals surface area (Å²) in [5.74, 6) is 1.88. The van der Waals surface area contributed by atoms with Gasteiger partial charge in [0.2, 0.25) is 0 Å². The van der Waals surface area contributed by atoms with Crippen LogP contribution in [0.2, 0.25) is 0 Å². The first-order chi connectivity index (χ1) is 9.44. The molecule has 3 aliphatic carbocycles. The summed E-state index contributed by atoms with van der Waals surface area (Å²) in [6.45, 7) is 6.84. The fourth-order valence-electron chi connectivity index (χ4n) is 5.35. The SMILES string of the molecule is Cc1cc2c(n1C1CC3CCC1C3)CC(C)(C)CC2O. The number of aliphatic hydroxyl groups is 1. The summed E-state index contributed by atoms with van der Waals surface area (Å²) in [7, 11) is 0. The molecule has 20 heavy (non-hydrogen) atoms. The Kier molecular flexibility index (Phi) is 2.67. The monoisotopic (exact) mass is 273 g/mol. The lowest BCUT2D eigenvalue weighted by Gasteiger charge is -2.36. The quantitative estimate of drug-likeness (QED) is 0.816. The molecule has 110 valence electrons. The molecule has 4 rings (SSSR count). The van der Waals surface area contributed by atoms with E-state index in [2.05, 4.69) is 31.4 Å². The maximum atomic E-state index is 10.5. The number of fused-ring (bicyclic) bond motifs is 3. The van der Waals surface area contributed by atoms with E-state index in [0.717, 1.165) is 30.7 Å². The van der Waals surface area contributed by atoms with Crippen LogP contribution in [0.15, 0.2) is 6.07 Å². The fourth-order valence-corrected chi connectivity index (χ4v) is 5.35. The molecule has 2 fully saturated rings. The molecule has 0 spiro atoms. The van der Waals surface area contributed by atoms with E-state index in [4.69, 9.17) is 0 Å². The smallest absolute Gasteiger partial charge is 0.0812 e. The lowest BCUT2D eigenvalue weighted by atomic mass is 9.75. The molecule has 2 heteroatoms. The number of aliphatic hydroxyl groups excluding tert-OH is 1. The van der Waals surface area contributed by atoms with E-state index in [1.54, 1.807) is 0 Å². The van der Waals surface area contributed by atoms with Crippen molar-refractivity contribution in [3.05, 3.63) is 23.0 Å². The van der Waals surface area contributed by atoms with E-state index in [0.29, 0.717) is 0 Å². The van der Waals surface area contributed by atoms with Gasteiger partial charge in [0.25, 0.3) is 0 Å². The second-order valence-corrected chi connectivity index (χ2v) is 8.36. The highest BCUT2D eigenvalue weighted by Gasteiger charge is 2.43. The Morgan fingerprint density at radius 3 is 2.70 bits per heavy atom. The van der Waals surface area contributed by atoms with Crippen molar-refractivity contribution < 1.29 is 5.11 Å². The third-order valence-electron chi connectivity index (χ3n) is 6.15. The second kappa shape index (κ2) is 4.13. The minimum absolute atomic E-state index is 0.229. The molecule has 2 saturated carbocycles. The first-order valence-electron chi connectivity index (χ1n) is 8.33. The van der Waals surface area contributed by atoms with Crippen LogP contribution in [-0.4, -0.2) is 9.67 Å². The zero-order valence-electron chi connectivity index (χ0n) is 13.0. The Morgan fingerprint density at radius 1 is 1.25 bits per heavy atom. The zero-order chi connectivity index (χ0) is 14.1. The Hall–Kier alpha value is -0.760. The Bertz CT molecular complexity index is 542. The molecule has 2 nitrogen and oxygen atoms in total. The van der Waals surface area contributed by atoms with Gasteiger partial charge in [-0.2, -0.15) is 0 Å². The predicted octanol–water partition coefficient (Wildman–Crippen LogP) is 4.16. The van der Waals surface area contributed by atoms with Crippen molar-refractivity contribution in [3.8, 4) is 0 Å². The molecule has 2 bridgehead atoms. The number of hydrogen-bond donors (Lipinski definition) is 1. The van der Waals surface area contributed by atoms with Crippen LogP contribution in [0.5, 0.6) is 0 Å². The Morgan fingerprint density at radius 2 is 2.05 bits per heavy atom. The van der Waals surface area contributed by atoms with Crippen molar-refractivity contribution in [1.29, 1.82) is 0 Å². The van der Waals surface area contributed by atoms with Gasteiger partial charge in [0.05, 0.1) is 6.10 Å². The first kappa shape index (κ1) is 12.9. The van der Waals surface area contributed by atoms with E-state index >= 15 is 0 Å². The molecule has 1 N–H and O–H groups in total. The van der Waals surface area contributed by atoms with Crippen LogP contribution in [0, 0.1) is 24.2 Å². The average Bonchev–Trinajstić information content (AvgIpc) is 3.01. The maximum absolute atomic E-state index is 10.5. The number of aromatic nitrogens is 1. The third-order valence-corrected chi connectivity index (χ3v) is 6.15. The highest BCUT2D eigenvalue weighted by molar-refractivity contribution is 5.34. The molecular formula is C18H27NO. The summed E-state index contributed by atoms with van der Waals surface area (Å²) in [4.78, 5) is 0. The largest absolute Gasteiger partial charge is 0.388 e. The molecule has 4 unspecified atom stereocenters. The minimum atomic E-state index is -0.257. The molecule has 0 saturated heterocycles. The average molecular weight is 273 g/mol. The van der Waals surface area contributed by atoms with Gasteiger partial charge in [0.15, 0.2) is 0 Å². The van der Waals surface area contributed by atoms with Gasteiger partial charge < -0.3 is 9.67 Å². The van der Waals surface area contributed by atoms with Gasteiger partial charge in [0, 0.05) is 23.0 Å². The van der Waals surface area contributed by atoms with E-state index in [-0.39, 0.29) is 11.5 Å². The lowest BCUT2D eigenvalue weighted by molar-refractivity contribution is 0.0967. The van der Waals surface area contributed by atoms with Gasteiger partial charge in [-0.3, -0.25) is 0 Å². The van der Waals surface area contributed by atoms with Crippen molar-refractivity contribution >= 4 is 0 Å². The molecule has 1 heterocycles. The van der Waals surface area contributed by atoms with Crippen molar-refractivity contribution in [1.82, 2.24) is 4.57 Å². The normalized spacial score (nSPS) is 38.2. The van der Waals surface area contributed by atoms with E-state index < -0.39 is 0 Å². The topological polar surface area (TPSA) is 25.2 Å². The summed E-state index contributed by atoms with van der Waals surface area (Å²) in [5, 5.41) is 10.5. The van der Waals surface area contributed by atoms with Gasteiger partial charge in [0.1, 0.15) is 0 Å². The lowest BCUT2D eigenvalue weighted by Crippen LogP contribution is -2.29. The zero-order valence-corrected chi connectivity index (χ0v) is 13.0. The molecule has 0 radical (unpaired) electrons. The highest BCUT2D eigenvalue weighted by Crippen LogP contribution is 2.53. The molecule has 1 aromatic rings. The molecular weight excluding hydrogens is 246 g/mol. The standard InChI is InChI=1S/C18H27NO/c1-11-6-14-16(9-18(2,3)10-17(14)20)19(11)15-8-12-4-5-13(15)7-12/h6,12-13,15,17,20H,4-5,7-10H2,1-3H3. The van der Waals surface area contributed by atoms with Crippen molar-refractivity contribution in [2.24, 2.45) is 17.3 Å². The van der Waals surface area contributed by atoms with Crippen LogP contribution in [0.3, 0.4) is 0 Å². The molecule has 1 aromatic heterocycles. The number of hydrogen-bond acceptors (Lipinski definition) is 1. The van der Waals surface area contributed by atoms with Crippen molar-refractivity contribution in [3.63, 3.8) is 0 Å². The molecule has 0 aromatic carbocycles. The summed E-state index contributed by atoms with van der Waals surface area (Å²) >= 11 is 0. The van der Waals surface area contributed by atoms with E-state index in [1.165, 1.54) is 42.6 Å². The molecule has 3 aliphatic rings. The van der Waals surface area contributed by atoms with Gasteiger partial charge >= 0.3 is 0 Å². The van der Waals surface area contributed by atoms with E-state index in [1.807, 2.05) is 0 Å². The Balaban J connectivity index is 1.78. The predicted molar refractivity (Wildman–Crippen MR) is 80.7 cm³/mol. The second-order valence-electron chi connectivity index (χ2n) is 8.36. The number of aryl methyl sites for hydroxylation is 1. The van der Waals surface area contributed by atoms with Crippen LogP contribution < -0.4 is 0 Å². The molecule has 4 atom stereocenters. The summed E-state index contributed by atoms with van der Waals surface area (Å²) in [6, 6.07) is 2.99. The maximum Gasteiger partial charge on any atom is 0.0812 e. The Labute approximate surface area is 122 Å². The van der Waals surface area contributed by atoms with Crippen LogP contribution in [0.1, 0.15) is 75.0 Å². The van der Waals surface area contributed by atoms with Gasteiger partial charge in [-0.25, -0.2) is 0 Å². The first-order valence-corrected chi connectivity index (χ1v) is 8.33. The fraction of sp³-hybridized carbons (Fsp3) is 0.778. The van der Waals surface area contributed by atoms with Gasteiger partial charge in [-0.05, 0) is 62.3 Å². The minimum Gasteiger partial charge on any atom is -0.388 e. The summed E-state index contributed by atoms with van der Waals surface area (Å²) < 4.78 is 2.63. The van der Waals surface area contributed by atoms with Gasteiger partial charge in [-0.15, -0.1) is 0 Å². The van der Waals surface area contributed by atoms with Crippen molar-refractivity contribution in [2.45, 2.75) is 71.4 Å². The van der Waals surface area contributed by atoms with Crippen LogP contribution in [0.25, 0.3) is 0 Å². The van der Waals surface area contributed by atoms with E-state index in [9.17, 15) is 5.11 Å². The van der Waals surface area contributed by atoms with Gasteiger partial charge in [-0.1, -0.05) is 20.3 Å². The van der Waals surface area contributed by atoms with Crippen LogP contribution in [0.4, 0.5) is 0 Å². The summed E-state index contributed by atoms with van der Waals surface area (Å²) in [5.41, 5.74) is 4.28. The highest BCUT2D eigenvalue weighted by atomic mass is 16.3. The number of nitrogens with zero attached hydrogens (tertiary/aromatic N) is 1. The third kappa shape index (κ3) is 1.80. The summed E-state index contributed by atoms with van der Waals surface area (Å²) in [6.07, 6.45) is 7.48. The molecule has 0 aliphatic heterocycles.